The van der Waals surface area contributed by atoms with Crippen LogP contribution in [0.4, 0.5) is 11.4 Å². The summed E-state index contributed by atoms with van der Waals surface area (Å²) in [5.41, 5.74) is 2.71. The van der Waals surface area contributed by atoms with E-state index in [4.69, 9.17) is 0 Å². The van der Waals surface area contributed by atoms with Crippen LogP contribution in [0.3, 0.4) is 0 Å². The van der Waals surface area contributed by atoms with Crippen molar-refractivity contribution in [2.24, 2.45) is 5.92 Å². The van der Waals surface area contributed by atoms with Crippen LogP contribution in [0.15, 0.2) is 30.5 Å². The number of rotatable bonds is 5. The van der Waals surface area contributed by atoms with Gasteiger partial charge >= 0.3 is 0 Å². The van der Waals surface area contributed by atoms with Crippen LogP contribution in [-0.2, 0) is 4.79 Å². The van der Waals surface area contributed by atoms with Crippen LogP contribution in [0.1, 0.15) is 47.8 Å². The van der Waals surface area contributed by atoms with Crippen LogP contribution in [-0.4, -0.2) is 34.7 Å². The first-order valence-corrected chi connectivity index (χ1v) is 9.59. The summed E-state index contributed by atoms with van der Waals surface area (Å²) in [5.74, 6) is -0.0511. The van der Waals surface area contributed by atoms with Gasteiger partial charge in [-0.2, -0.15) is 5.10 Å². The zero-order chi connectivity index (χ0) is 18.8. The number of nitrogens with zero attached hydrogens (tertiary/aromatic N) is 2. The zero-order valence-corrected chi connectivity index (χ0v) is 15.5. The first-order chi connectivity index (χ1) is 13.1. The smallest absolute Gasteiger partial charge is 0.276 e. The van der Waals surface area contributed by atoms with Gasteiger partial charge < -0.3 is 16.0 Å². The molecule has 2 aromatic rings. The minimum Gasteiger partial charge on any atom is -0.326 e. The van der Waals surface area contributed by atoms with Gasteiger partial charge in [-0.05, 0) is 62.9 Å². The van der Waals surface area contributed by atoms with Crippen molar-refractivity contribution in [3.05, 3.63) is 41.7 Å². The average Bonchev–Trinajstić information content (AvgIpc) is 3.42. The fourth-order valence-corrected chi connectivity index (χ4v) is 3.33. The SMILES string of the molecule is Cc1ccc(NC(=O)C2CC2)cc1NC(=O)c1ccn(C2CCCNC2)n1. The molecular formula is C20H25N5O2. The van der Waals surface area contributed by atoms with Crippen LogP contribution in [0.25, 0.3) is 0 Å². The van der Waals surface area contributed by atoms with E-state index in [-0.39, 0.29) is 17.7 Å². The Hall–Kier alpha value is -2.67. The molecule has 2 fully saturated rings. The molecule has 7 heteroatoms. The third kappa shape index (κ3) is 4.19. The molecule has 1 atom stereocenters. The first kappa shape index (κ1) is 17.7. The maximum absolute atomic E-state index is 12.6. The molecule has 27 heavy (non-hydrogen) atoms. The number of aryl methyl sites for hydroxylation is 1. The lowest BCUT2D eigenvalue weighted by Gasteiger charge is -2.22. The minimum atomic E-state index is -0.244. The van der Waals surface area contributed by atoms with E-state index in [1.54, 1.807) is 12.1 Å². The summed E-state index contributed by atoms with van der Waals surface area (Å²) in [4.78, 5) is 24.6. The molecule has 1 aromatic heterocycles. The largest absolute Gasteiger partial charge is 0.326 e. The van der Waals surface area contributed by atoms with E-state index in [2.05, 4.69) is 21.0 Å². The summed E-state index contributed by atoms with van der Waals surface area (Å²) in [6, 6.07) is 7.59. The van der Waals surface area contributed by atoms with Gasteiger partial charge in [0.25, 0.3) is 5.91 Å². The number of carbonyl (C=O) groups excluding carboxylic acids is 2. The third-order valence-corrected chi connectivity index (χ3v) is 5.19. The van der Waals surface area contributed by atoms with Crippen LogP contribution in [0.5, 0.6) is 0 Å². The van der Waals surface area contributed by atoms with Gasteiger partial charge in [0, 0.05) is 30.0 Å². The molecule has 2 amide bonds. The standard InChI is InChI=1S/C20H25N5O2/c1-13-4-7-15(22-19(26)14-5-6-14)11-18(13)23-20(27)17-8-10-25(24-17)16-3-2-9-21-12-16/h4,7-8,10-11,14,16,21H,2-3,5-6,9,12H2,1H3,(H,22,26)(H,23,27). The second-order valence-electron chi connectivity index (χ2n) is 7.43. The Morgan fingerprint density at radius 3 is 2.78 bits per heavy atom. The third-order valence-electron chi connectivity index (χ3n) is 5.19. The number of benzene rings is 1. The molecular weight excluding hydrogens is 342 g/mol. The van der Waals surface area contributed by atoms with Crippen molar-refractivity contribution in [2.75, 3.05) is 23.7 Å². The van der Waals surface area contributed by atoms with Gasteiger partial charge in [-0.15, -0.1) is 0 Å². The van der Waals surface area contributed by atoms with E-state index in [0.717, 1.165) is 44.3 Å². The van der Waals surface area contributed by atoms with E-state index in [1.165, 1.54) is 0 Å². The number of piperidine rings is 1. The number of carbonyl (C=O) groups is 2. The van der Waals surface area contributed by atoms with Crippen molar-refractivity contribution in [1.29, 1.82) is 0 Å². The van der Waals surface area contributed by atoms with E-state index >= 15 is 0 Å². The van der Waals surface area contributed by atoms with E-state index < -0.39 is 0 Å². The summed E-state index contributed by atoms with van der Waals surface area (Å²) >= 11 is 0. The summed E-state index contributed by atoms with van der Waals surface area (Å²) < 4.78 is 1.88. The molecule has 0 spiro atoms. The predicted molar refractivity (Wildman–Crippen MR) is 104 cm³/mol. The number of nitrogens with one attached hydrogen (secondary N) is 3. The lowest BCUT2D eigenvalue weighted by atomic mass is 10.1. The molecule has 142 valence electrons. The normalized spacial score (nSPS) is 19.5. The Bertz CT molecular complexity index is 850. The van der Waals surface area contributed by atoms with E-state index in [1.807, 2.05) is 29.9 Å². The highest BCUT2D eigenvalue weighted by Crippen LogP contribution is 2.31. The Kier molecular flexibility index (Phi) is 4.94. The fraction of sp³-hybridized carbons (Fsp3) is 0.450. The minimum absolute atomic E-state index is 0.0518. The van der Waals surface area contributed by atoms with Gasteiger partial charge in [0.15, 0.2) is 5.69 Å². The molecule has 4 rings (SSSR count). The van der Waals surface area contributed by atoms with Crippen LogP contribution < -0.4 is 16.0 Å². The summed E-state index contributed by atoms with van der Waals surface area (Å²) in [7, 11) is 0. The molecule has 1 aliphatic carbocycles. The Morgan fingerprint density at radius 1 is 1.19 bits per heavy atom. The van der Waals surface area contributed by atoms with Gasteiger partial charge in [-0.25, -0.2) is 0 Å². The second kappa shape index (κ2) is 7.52. The Labute approximate surface area is 158 Å². The molecule has 2 aliphatic rings. The lowest BCUT2D eigenvalue weighted by molar-refractivity contribution is -0.117. The molecule has 0 bridgehead atoms. The van der Waals surface area contributed by atoms with Crippen molar-refractivity contribution < 1.29 is 9.59 Å². The highest BCUT2D eigenvalue weighted by Gasteiger charge is 2.29. The monoisotopic (exact) mass is 367 g/mol. The summed E-state index contributed by atoms with van der Waals surface area (Å²) in [6.45, 7) is 3.84. The molecule has 2 heterocycles. The first-order valence-electron chi connectivity index (χ1n) is 9.59. The molecule has 1 aliphatic heterocycles. The molecule has 1 aromatic carbocycles. The van der Waals surface area contributed by atoms with Gasteiger partial charge in [0.05, 0.1) is 6.04 Å². The Balaban J connectivity index is 1.44. The quantitative estimate of drug-likeness (QED) is 0.758. The molecule has 0 radical (unpaired) electrons. The van der Waals surface area contributed by atoms with Gasteiger partial charge in [-0.3, -0.25) is 14.3 Å². The molecule has 3 N–H and O–H groups in total. The van der Waals surface area contributed by atoms with E-state index in [0.29, 0.717) is 23.1 Å². The highest BCUT2D eigenvalue weighted by molar-refractivity contribution is 6.04. The van der Waals surface area contributed by atoms with Crippen molar-refractivity contribution in [1.82, 2.24) is 15.1 Å². The van der Waals surface area contributed by atoms with Crippen molar-refractivity contribution >= 4 is 23.2 Å². The second-order valence-corrected chi connectivity index (χ2v) is 7.43. The average molecular weight is 367 g/mol. The van der Waals surface area contributed by atoms with Gasteiger partial charge in [0.2, 0.25) is 5.91 Å². The summed E-state index contributed by atoms with van der Waals surface area (Å²) in [5, 5.41) is 13.6. The van der Waals surface area contributed by atoms with Crippen molar-refractivity contribution in [3.8, 4) is 0 Å². The Morgan fingerprint density at radius 2 is 2.04 bits per heavy atom. The summed E-state index contributed by atoms with van der Waals surface area (Å²) in [6.07, 6.45) is 5.97. The number of aromatic nitrogens is 2. The van der Waals surface area contributed by atoms with Crippen LogP contribution >= 0.6 is 0 Å². The number of anilines is 2. The number of amides is 2. The fourth-order valence-electron chi connectivity index (χ4n) is 3.33. The van der Waals surface area contributed by atoms with Crippen molar-refractivity contribution in [3.63, 3.8) is 0 Å². The van der Waals surface area contributed by atoms with Crippen molar-refractivity contribution in [2.45, 2.75) is 38.6 Å². The van der Waals surface area contributed by atoms with E-state index in [9.17, 15) is 9.59 Å². The topological polar surface area (TPSA) is 88.0 Å². The zero-order valence-electron chi connectivity index (χ0n) is 15.5. The maximum atomic E-state index is 12.6. The molecule has 7 nitrogen and oxygen atoms in total. The predicted octanol–water partition coefficient (Wildman–Crippen LogP) is 2.72. The molecule has 1 saturated carbocycles. The van der Waals surface area contributed by atoms with Gasteiger partial charge in [0.1, 0.15) is 0 Å². The van der Waals surface area contributed by atoms with Crippen LogP contribution in [0.2, 0.25) is 0 Å². The molecule has 1 saturated heterocycles. The number of hydrogen-bond acceptors (Lipinski definition) is 4. The lowest BCUT2D eigenvalue weighted by Crippen LogP contribution is -2.32. The highest BCUT2D eigenvalue weighted by atomic mass is 16.2. The number of hydrogen-bond donors (Lipinski definition) is 3. The molecule has 1 unspecified atom stereocenters. The van der Waals surface area contributed by atoms with Gasteiger partial charge in [-0.1, -0.05) is 6.07 Å². The van der Waals surface area contributed by atoms with Crippen LogP contribution in [0, 0.1) is 12.8 Å². The maximum Gasteiger partial charge on any atom is 0.276 e.